The van der Waals surface area contributed by atoms with E-state index in [4.69, 9.17) is 5.73 Å². The van der Waals surface area contributed by atoms with Crippen LogP contribution in [0.15, 0.2) is 39.9 Å². The number of aromatic amines is 1. The van der Waals surface area contributed by atoms with Crippen LogP contribution < -0.4 is 16.2 Å². The van der Waals surface area contributed by atoms with E-state index >= 15 is 0 Å². The molecule has 2 rings (SSSR count). The van der Waals surface area contributed by atoms with E-state index in [2.05, 4.69) is 25.9 Å². The van der Waals surface area contributed by atoms with Crippen molar-refractivity contribution >= 4 is 27.4 Å². The van der Waals surface area contributed by atoms with Gasteiger partial charge in [-0.1, -0.05) is 18.2 Å². The molecule has 3 N–H and O–H groups in total. The van der Waals surface area contributed by atoms with Crippen LogP contribution in [0.1, 0.15) is 5.56 Å². The lowest BCUT2D eigenvalue weighted by Gasteiger charge is -2.21. The van der Waals surface area contributed by atoms with Crippen LogP contribution >= 0.6 is 15.9 Å². The Labute approximate surface area is 113 Å². The minimum Gasteiger partial charge on any atom is -0.328 e. The van der Waals surface area contributed by atoms with Crippen LogP contribution in [-0.4, -0.2) is 17.0 Å². The molecule has 0 spiro atoms. The third kappa shape index (κ3) is 2.30. The summed E-state index contributed by atoms with van der Waals surface area (Å²) in [5, 5.41) is 0. The molecular formula is C12H13BrN4O. The highest BCUT2D eigenvalue weighted by atomic mass is 79.9. The Bertz CT molecular complexity index is 611. The molecule has 2 aromatic rings. The van der Waals surface area contributed by atoms with Crippen molar-refractivity contribution in [1.82, 2.24) is 9.97 Å². The van der Waals surface area contributed by atoms with Crippen LogP contribution in [0.2, 0.25) is 0 Å². The Morgan fingerprint density at radius 2 is 2.17 bits per heavy atom. The molecule has 0 saturated heterocycles. The van der Waals surface area contributed by atoms with Crippen LogP contribution in [0.3, 0.4) is 0 Å². The third-order valence-electron chi connectivity index (χ3n) is 2.67. The van der Waals surface area contributed by atoms with E-state index in [1.165, 1.54) is 6.33 Å². The Morgan fingerprint density at radius 1 is 1.44 bits per heavy atom. The third-order valence-corrected chi connectivity index (χ3v) is 3.38. The second kappa shape index (κ2) is 5.32. The zero-order chi connectivity index (χ0) is 13.1. The van der Waals surface area contributed by atoms with E-state index in [-0.39, 0.29) is 5.56 Å². The van der Waals surface area contributed by atoms with Gasteiger partial charge in [0.05, 0.1) is 6.33 Å². The summed E-state index contributed by atoms with van der Waals surface area (Å²) in [5.41, 5.74) is 7.42. The van der Waals surface area contributed by atoms with E-state index in [1.807, 2.05) is 36.2 Å². The molecule has 6 heteroatoms. The molecule has 0 aliphatic carbocycles. The number of rotatable bonds is 3. The number of benzene rings is 1. The molecule has 0 saturated carbocycles. The molecule has 1 heterocycles. The van der Waals surface area contributed by atoms with Gasteiger partial charge < -0.3 is 15.6 Å². The lowest BCUT2D eigenvalue weighted by Crippen LogP contribution is -2.19. The first kappa shape index (κ1) is 12.8. The number of aromatic nitrogens is 2. The Kier molecular flexibility index (Phi) is 3.78. The Hall–Kier alpha value is -1.66. The minimum absolute atomic E-state index is 0.211. The topological polar surface area (TPSA) is 75.0 Å². The molecule has 5 nitrogen and oxygen atoms in total. The maximum atomic E-state index is 11.5. The van der Waals surface area contributed by atoms with Crippen molar-refractivity contribution in [3.05, 3.63) is 51.0 Å². The molecule has 1 aromatic heterocycles. The average Bonchev–Trinajstić information content (AvgIpc) is 2.41. The fraction of sp³-hybridized carbons (Fsp3) is 0.167. The van der Waals surface area contributed by atoms with Gasteiger partial charge in [-0.25, -0.2) is 4.98 Å². The molecule has 0 unspecified atom stereocenters. The zero-order valence-corrected chi connectivity index (χ0v) is 11.4. The number of hydrogen-bond acceptors (Lipinski definition) is 4. The summed E-state index contributed by atoms with van der Waals surface area (Å²) < 4.78 is 0.402. The molecule has 0 atom stereocenters. The van der Waals surface area contributed by atoms with E-state index in [1.54, 1.807) is 0 Å². The number of H-pyrrole nitrogens is 1. The first-order chi connectivity index (χ1) is 8.65. The molecular weight excluding hydrogens is 296 g/mol. The van der Waals surface area contributed by atoms with E-state index in [9.17, 15) is 4.79 Å². The highest BCUT2D eigenvalue weighted by molar-refractivity contribution is 9.10. The average molecular weight is 309 g/mol. The first-order valence-electron chi connectivity index (χ1n) is 5.40. The molecule has 0 fully saturated rings. The zero-order valence-electron chi connectivity index (χ0n) is 9.85. The van der Waals surface area contributed by atoms with Gasteiger partial charge in [0.25, 0.3) is 5.56 Å². The fourth-order valence-corrected chi connectivity index (χ4v) is 2.22. The largest absolute Gasteiger partial charge is 0.328 e. The van der Waals surface area contributed by atoms with Gasteiger partial charge >= 0.3 is 0 Å². The summed E-state index contributed by atoms with van der Waals surface area (Å²) in [7, 11) is 1.85. The van der Waals surface area contributed by atoms with Gasteiger partial charge in [-0.2, -0.15) is 0 Å². The van der Waals surface area contributed by atoms with Crippen molar-refractivity contribution in [3.8, 4) is 0 Å². The smallest absolute Gasteiger partial charge is 0.267 e. The number of halogens is 1. The number of para-hydroxylation sites is 1. The van der Waals surface area contributed by atoms with Crippen LogP contribution in [0.25, 0.3) is 0 Å². The molecule has 0 bridgehead atoms. The maximum absolute atomic E-state index is 11.5. The lowest BCUT2D eigenvalue weighted by atomic mass is 10.1. The van der Waals surface area contributed by atoms with Gasteiger partial charge in [0.2, 0.25) is 0 Å². The van der Waals surface area contributed by atoms with E-state index in [0.29, 0.717) is 16.8 Å². The summed E-state index contributed by atoms with van der Waals surface area (Å²) in [6, 6.07) is 7.75. The quantitative estimate of drug-likeness (QED) is 0.906. The summed E-state index contributed by atoms with van der Waals surface area (Å²) in [5.74, 6) is 0.555. The van der Waals surface area contributed by atoms with Crippen molar-refractivity contribution in [2.24, 2.45) is 5.73 Å². The summed E-state index contributed by atoms with van der Waals surface area (Å²) in [6.07, 6.45) is 1.38. The number of hydrogen-bond donors (Lipinski definition) is 2. The minimum atomic E-state index is -0.211. The van der Waals surface area contributed by atoms with Gasteiger partial charge in [0.1, 0.15) is 4.47 Å². The van der Waals surface area contributed by atoms with Crippen LogP contribution in [0.5, 0.6) is 0 Å². The lowest BCUT2D eigenvalue weighted by molar-refractivity contribution is 1.01. The molecule has 0 aliphatic rings. The Morgan fingerprint density at radius 3 is 2.89 bits per heavy atom. The first-order valence-corrected chi connectivity index (χ1v) is 6.19. The van der Waals surface area contributed by atoms with E-state index < -0.39 is 0 Å². The van der Waals surface area contributed by atoms with Gasteiger partial charge in [0, 0.05) is 19.3 Å². The number of nitrogens with one attached hydrogen (secondary N) is 1. The number of anilines is 2. The molecule has 94 valence electrons. The van der Waals surface area contributed by atoms with Crippen molar-refractivity contribution in [1.29, 1.82) is 0 Å². The number of nitrogens with zero attached hydrogens (tertiary/aromatic N) is 2. The van der Waals surface area contributed by atoms with Crippen LogP contribution in [0.4, 0.5) is 11.5 Å². The summed E-state index contributed by atoms with van der Waals surface area (Å²) in [4.78, 5) is 20.1. The Balaban J connectivity index is 2.51. The van der Waals surface area contributed by atoms with Crippen molar-refractivity contribution < 1.29 is 0 Å². The molecule has 0 aliphatic heterocycles. The SMILES string of the molecule is CN(c1ccccc1CN)c1nc[nH]c(=O)c1Br. The van der Waals surface area contributed by atoms with Gasteiger partial charge in [-0.3, -0.25) is 4.79 Å². The highest BCUT2D eigenvalue weighted by Crippen LogP contribution is 2.28. The summed E-state index contributed by atoms with van der Waals surface area (Å²) in [6.45, 7) is 0.432. The maximum Gasteiger partial charge on any atom is 0.267 e. The van der Waals surface area contributed by atoms with Crippen molar-refractivity contribution in [2.75, 3.05) is 11.9 Å². The predicted octanol–water partition coefficient (Wildman–Crippen LogP) is 1.76. The monoisotopic (exact) mass is 308 g/mol. The summed E-state index contributed by atoms with van der Waals surface area (Å²) >= 11 is 3.25. The number of nitrogens with two attached hydrogens (primary N) is 1. The molecule has 18 heavy (non-hydrogen) atoms. The normalized spacial score (nSPS) is 10.4. The molecule has 0 amide bonds. The second-order valence-corrected chi connectivity index (χ2v) is 4.55. The van der Waals surface area contributed by atoms with Gasteiger partial charge in [-0.15, -0.1) is 0 Å². The van der Waals surface area contributed by atoms with Crippen LogP contribution in [-0.2, 0) is 6.54 Å². The molecule has 1 aromatic carbocycles. The van der Waals surface area contributed by atoms with Crippen LogP contribution in [0, 0.1) is 0 Å². The fourth-order valence-electron chi connectivity index (χ4n) is 1.73. The predicted molar refractivity (Wildman–Crippen MR) is 75.0 cm³/mol. The van der Waals surface area contributed by atoms with Gasteiger partial charge in [0.15, 0.2) is 5.82 Å². The van der Waals surface area contributed by atoms with E-state index in [0.717, 1.165) is 11.3 Å². The highest BCUT2D eigenvalue weighted by Gasteiger charge is 2.13. The molecule has 0 radical (unpaired) electrons. The van der Waals surface area contributed by atoms with Crippen molar-refractivity contribution in [3.63, 3.8) is 0 Å². The second-order valence-electron chi connectivity index (χ2n) is 3.76. The standard InChI is InChI=1S/C12H13BrN4O/c1-17(9-5-3-2-4-8(9)6-14)11-10(13)12(18)16-7-15-11/h2-5,7H,6,14H2,1H3,(H,15,16,18). The van der Waals surface area contributed by atoms with Gasteiger partial charge in [-0.05, 0) is 27.6 Å². The van der Waals surface area contributed by atoms with Crippen molar-refractivity contribution in [2.45, 2.75) is 6.54 Å².